The van der Waals surface area contributed by atoms with E-state index < -0.39 is 0 Å². The number of guanidine groups is 1. The molecule has 1 unspecified atom stereocenters. The molecule has 3 aromatic rings. The van der Waals surface area contributed by atoms with Gasteiger partial charge >= 0.3 is 0 Å². The summed E-state index contributed by atoms with van der Waals surface area (Å²) in [6.45, 7) is 7.17. The van der Waals surface area contributed by atoms with Gasteiger partial charge in [-0.25, -0.2) is 14.7 Å². The van der Waals surface area contributed by atoms with Crippen LogP contribution in [0.4, 0.5) is 0 Å². The van der Waals surface area contributed by atoms with E-state index in [2.05, 4.69) is 75.8 Å². The number of aliphatic imine (C=N–C) groups is 1. The lowest BCUT2D eigenvalue weighted by molar-refractivity contribution is 0.157. The smallest absolute Gasteiger partial charge is 0.194 e. The maximum atomic E-state index is 5.35. The summed E-state index contributed by atoms with van der Waals surface area (Å²) in [6.07, 6.45) is 4.45. The van der Waals surface area contributed by atoms with Crippen LogP contribution in [0.3, 0.4) is 0 Å². The van der Waals surface area contributed by atoms with Gasteiger partial charge in [0.15, 0.2) is 5.96 Å². The summed E-state index contributed by atoms with van der Waals surface area (Å²) in [5, 5.41) is 7.65. The molecule has 1 atom stereocenters. The lowest BCUT2D eigenvalue weighted by atomic mass is 9.98. The molecule has 1 N–H and O–H groups in total. The topological polar surface area (TPSA) is 67.6 Å². The van der Waals surface area contributed by atoms with Crippen LogP contribution in [0, 0.1) is 5.92 Å². The van der Waals surface area contributed by atoms with Gasteiger partial charge in [-0.05, 0) is 35.6 Å². The maximum absolute atomic E-state index is 5.35. The Morgan fingerprint density at radius 2 is 2.03 bits per heavy atom. The highest BCUT2D eigenvalue weighted by molar-refractivity contribution is 5.80. The predicted molar refractivity (Wildman–Crippen MR) is 127 cm³/mol. The van der Waals surface area contributed by atoms with Gasteiger partial charge in [-0.2, -0.15) is 5.10 Å². The van der Waals surface area contributed by atoms with Gasteiger partial charge < -0.3 is 15.0 Å². The molecule has 0 saturated carbocycles. The van der Waals surface area contributed by atoms with Crippen molar-refractivity contribution in [1.29, 1.82) is 0 Å². The normalized spacial score (nSPS) is 16.5. The number of rotatable bonds is 8. The summed E-state index contributed by atoms with van der Waals surface area (Å²) in [7, 11) is 1.78. The van der Waals surface area contributed by atoms with Crippen LogP contribution in [0.1, 0.15) is 24.5 Å². The van der Waals surface area contributed by atoms with Crippen LogP contribution in [-0.2, 0) is 17.8 Å². The van der Waals surface area contributed by atoms with Crippen LogP contribution in [0.25, 0.3) is 11.1 Å². The fourth-order valence-corrected chi connectivity index (χ4v) is 4.21. The number of nitrogens with one attached hydrogen (secondary N) is 1. The van der Waals surface area contributed by atoms with Gasteiger partial charge in [-0.15, -0.1) is 0 Å². The zero-order valence-electron chi connectivity index (χ0n) is 18.9. The molecule has 7 heteroatoms. The molecule has 0 bridgehead atoms. The molecule has 1 aliphatic heterocycles. The van der Waals surface area contributed by atoms with E-state index >= 15 is 0 Å². The number of nitrogens with zero attached hydrogens (tertiary/aromatic N) is 5. The highest BCUT2D eigenvalue weighted by Gasteiger charge is 2.24. The van der Waals surface area contributed by atoms with Crippen molar-refractivity contribution >= 4 is 5.96 Å². The molecular formula is C25H32N6O. The molecule has 1 fully saturated rings. The molecule has 1 saturated heterocycles. The second-order valence-electron chi connectivity index (χ2n) is 8.17. The van der Waals surface area contributed by atoms with Gasteiger partial charge in [0.05, 0.1) is 19.7 Å². The zero-order valence-corrected chi connectivity index (χ0v) is 18.9. The minimum atomic E-state index is 0.576. The lowest BCUT2D eigenvalue weighted by Gasteiger charge is -2.22. The van der Waals surface area contributed by atoms with Crippen LogP contribution < -0.4 is 5.32 Å². The number of ether oxygens (including phenoxy) is 1. The Morgan fingerprint density at radius 3 is 2.78 bits per heavy atom. The van der Waals surface area contributed by atoms with E-state index in [0.717, 1.165) is 45.2 Å². The molecule has 7 nitrogen and oxygen atoms in total. The van der Waals surface area contributed by atoms with Crippen LogP contribution in [0.15, 0.2) is 66.2 Å². The number of likely N-dealkylation sites (tertiary alicyclic amines) is 1. The summed E-state index contributed by atoms with van der Waals surface area (Å²) in [6, 6.07) is 17.2. The monoisotopic (exact) mass is 432 g/mol. The SMILES string of the molecule is CCNC(=NCc1ccccc1-c1ccc(Cn2cncn2)cc1)N1CCC(COC)C1. The largest absolute Gasteiger partial charge is 0.384 e. The molecule has 0 amide bonds. The van der Waals surface area contributed by atoms with Crippen molar-refractivity contribution in [2.24, 2.45) is 10.9 Å². The molecule has 2 heterocycles. The van der Waals surface area contributed by atoms with Crippen LogP contribution in [-0.4, -0.2) is 59.0 Å². The molecule has 0 aliphatic carbocycles. The fourth-order valence-electron chi connectivity index (χ4n) is 4.21. The van der Waals surface area contributed by atoms with E-state index in [1.165, 1.54) is 22.3 Å². The van der Waals surface area contributed by atoms with Gasteiger partial charge in [0, 0.05) is 32.7 Å². The quantitative estimate of drug-likeness (QED) is 0.436. The van der Waals surface area contributed by atoms with E-state index in [9.17, 15) is 0 Å². The van der Waals surface area contributed by atoms with Crippen molar-refractivity contribution in [2.75, 3.05) is 33.4 Å². The highest BCUT2D eigenvalue weighted by atomic mass is 16.5. The van der Waals surface area contributed by atoms with Crippen molar-refractivity contribution in [1.82, 2.24) is 25.0 Å². The second kappa shape index (κ2) is 10.9. The number of hydrogen-bond acceptors (Lipinski definition) is 4. The molecule has 1 aromatic heterocycles. The van der Waals surface area contributed by atoms with Crippen molar-refractivity contribution in [3.05, 3.63) is 72.3 Å². The van der Waals surface area contributed by atoms with Gasteiger partial charge in [0.2, 0.25) is 0 Å². The first-order chi connectivity index (χ1) is 15.8. The third kappa shape index (κ3) is 5.53. The molecule has 0 spiro atoms. The second-order valence-corrected chi connectivity index (χ2v) is 8.17. The predicted octanol–water partition coefficient (Wildman–Crippen LogP) is 3.43. The zero-order chi connectivity index (χ0) is 22.2. The fraction of sp³-hybridized carbons (Fsp3) is 0.400. The minimum absolute atomic E-state index is 0.576. The third-order valence-electron chi connectivity index (χ3n) is 5.82. The maximum Gasteiger partial charge on any atom is 0.194 e. The Balaban J connectivity index is 1.49. The summed E-state index contributed by atoms with van der Waals surface area (Å²) < 4.78 is 7.18. The average molecular weight is 433 g/mol. The number of methoxy groups -OCH3 is 1. The van der Waals surface area contributed by atoms with Crippen LogP contribution in [0.5, 0.6) is 0 Å². The standard InChI is InChI=1S/C25H32N6O/c1-3-27-25(30-13-12-21(15-30)17-32-2)28-14-23-6-4-5-7-24(23)22-10-8-20(9-11-22)16-31-19-26-18-29-31/h4-11,18-19,21H,3,12-17H2,1-2H3,(H,27,28). The summed E-state index contributed by atoms with van der Waals surface area (Å²) >= 11 is 0. The Labute approximate surface area is 190 Å². The first-order valence-corrected chi connectivity index (χ1v) is 11.3. The van der Waals surface area contributed by atoms with E-state index in [4.69, 9.17) is 9.73 Å². The van der Waals surface area contributed by atoms with Crippen LogP contribution in [0.2, 0.25) is 0 Å². The molecule has 2 aromatic carbocycles. The van der Waals surface area contributed by atoms with Gasteiger partial charge in [0.1, 0.15) is 12.7 Å². The van der Waals surface area contributed by atoms with E-state index in [1.807, 2.05) is 4.68 Å². The van der Waals surface area contributed by atoms with Crippen molar-refractivity contribution in [3.8, 4) is 11.1 Å². The van der Waals surface area contributed by atoms with Gasteiger partial charge in [-0.3, -0.25) is 0 Å². The Kier molecular flexibility index (Phi) is 7.51. The average Bonchev–Trinajstić information content (AvgIpc) is 3.50. The lowest BCUT2D eigenvalue weighted by Crippen LogP contribution is -2.40. The first-order valence-electron chi connectivity index (χ1n) is 11.3. The highest BCUT2D eigenvalue weighted by Crippen LogP contribution is 2.25. The molecule has 168 valence electrons. The summed E-state index contributed by atoms with van der Waals surface area (Å²) in [5.74, 6) is 1.57. The Morgan fingerprint density at radius 1 is 1.19 bits per heavy atom. The Hall–Kier alpha value is -3.19. The minimum Gasteiger partial charge on any atom is -0.384 e. The molecular weight excluding hydrogens is 400 g/mol. The van der Waals surface area contributed by atoms with E-state index in [1.54, 1.807) is 19.8 Å². The number of hydrogen-bond donors (Lipinski definition) is 1. The molecule has 32 heavy (non-hydrogen) atoms. The molecule has 0 radical (unpaired) electrons. The number of aromatic nitrogens is 3. The van der Waals surface area contributed by atoms with E-state index in [-0.39, 0.29) is 0 Å². The van der Waals surface area contributed by atoms with Gasteiger partial charge in [0.25, 0.3) is 0 Å². The summed E-state index contributed by atoms with van der Waals surface area (Å²) in [4.78, 5) is 11.4. The van der Waals surface area contributed by atoms with Crippen molar-refractivity contribution < 1.29 is 4.74 Å². The number of benzene rings is 2. The third-order valence-corrected chi connectivity index (χ3v) is 5.82. The Bertz CT molecular complexity index is 1000. The molecule has 4 rings (SSSR count). The van der Waals surface area contributed by atoms with Crippen molar-refractivity contribution in [2.45, 2.75) is 26.4 Å². The van der Waals surface area contributed by atoms with Gasteiger partial charge in [-0.1, -0.05) is 48.5 Å². The summed E-state index contributed by atoms with van der Waals surface area (Å²) in [5.41, 5.74) is 4.84. The first kappa shape index (κ1) is 22.0. The van der Waals surface area contributed by atoms with Crippen LogP contribution >= 0.6 is 0 Å². The van der Waals surface area contributed by atoms with E-state index in [0.29, 0.717) is 12.5 Å². The molecule has 1 aliphatic rings. The van der Waals surface area contributed by atoms with Crippen molar-refractivity contribution in [3.63, 3.8) is 0 Å².